The van der Waals surface area contributed by atoms with E-state index in [2.05, 4.69) is 4.99 Å². The van der Waals surface area contributed by atoms with Gasteiger partial charge in [-0.2, -0.15) is 0 Å². The zero-order valence-electron chi connectivity index (χ0n) is 17.7. The molecule has 0 amide bonds. The number of phenols is 2. The fraction of sp³-hybridized carbons (Fsp3) is 0.107. The van der Waals surface area contributed by atoms with Crippen molar-refractivity contribution in [1.82, 2.24) is 0 Å². The standard InChI is InChI=1S/C28H25NO2/c1-19(2)24-15-9-14-22(27(24)30)18-29-23-16-25(20-10-5-3-6-11-20)28(31)26(17-23)21-12-7-4-8-13-21/h3-19,30-31H,1-2H3. The van der Waals surface area contributed by atoms with E-state index in [9.17, 15) is 10.2 Å². The minimum Gasteiger partial charge on any atom is -0.507 e. The van der Waals surface area contributed by atoms with Crippen molar-refractivity contribution in [2.75, 3.05) is 0 Å². The molecule has 0 aliphatic rings. The van der Waals surface area contributed by atoms with Crippen molar-refractivity contribution in [1.29, 1.82) is 0 Å². The van der Waals surface area contributed by atoms with E-state index in [1.54, 1.807) is 6.21 Å². The van der Waals surface area contributed by atoms with Crippen molar-refractivity contribution in [3.05, 3.63) is 102 Å². The van der Waals surface area contributed by atoms with Gasteiger partial charge in [-0.15, -0.1) is 0 Å². The van der Waals surface area contributed by atoms with Crippen molar-refractivity contribution in [3.8, 4) is 33.8 Å². The molecule has 0 atom stereocenters. The Hall–Kier alpha value is -3.85. The maximum absolute atomic E-state index is 11.1. The molecule has 4 rings (SSSR count). The molecule has 0 aromatic heterocycles. The first-order valence-corrected chi connectivity index (χ1v) is 10.4. The zero-order chi connectivity index (χ0) is 21.8. The molecular formula is C28H25NO2. The summed E-state index contributed by atoms with van der Waals surface area (Å²) in [6.07, 6.45) is 1.68. The van der Waals surface area contributed by atoms with Gasteiger partial charge in [0.25, 0.3) is 0 Å². The number of benzene rings is 4. The molecule has 0 saturated heterocycles. The fourth-order valence-corrected chi connectivity index (χ4v) is 3.66. The van der Waals surface area contributed by atoms with Gasteiger partial charge in [-0.25, -0.2) is 0 Å². The SMILES string of the molecule is CC(C)c1cccc(C=Nc2cc(-c3ccccc3)c(O)c(-c3ccccc3)c2)c1O. The Kier molecular flexibility index (Phi) is 5.85. The topological polar surface area (TPSA) is 52.8 Å². The molecule has 3 nitrogen and oxygen atoms in total. The number of aromatic hydroxyl groups is 2. The van der Waals surface area contributed by atoms with Gasteiger partial charge in [-0.05, 0) is 40.8 Å². The third-order valence-corrected chi connectivity index (χ3v) is 5.34. The summed E-state index contributed by atoms with van der Waals surface area (Å²) in [4.78, 5) is 4.66. The molecule has 4 aromatic rings. The Morgan fingerprint density at radius 1 is 0.677 bits per heavy atom. The quantitative estimate of drug-likeness (QED) is 0.341. The first kappa shape index (κ1) is 20.4. The lowest BCUT2D eigenvalue weighted by atomic mass is 9.96. The van der Waals surface area contributed by atoms with Crippen LogP contribution in [0.3, 0.4) is 0 Å². The summed E-state index contributed by atoms with van der Waals surface area (Å²) in [6.45, 7) is 4.10. The first-order valence-electron chi connectivity index (χ1n) is 10.4. The van der Waals surface area contributed by atoms with E-state index >= 15 is 0 Å². The van der Waals surface area contributed by atoms with E-state index < -0.39 is 0 Å². The molecule has 0 fully saturated rings. The molecule has 0 aliphatic carbocycles. The second-order valence-corrected chi connectivity index (χ2v) is 7.82. The largest absolute Gasteiger partial charge is 0.507 e. The Morgan fingerprint density at radius 2 is 1.23 bits per heavy atom. The van der Waals surface area contributed by atoms with Crippen LogP contribution in [0.2, 0.25) is 0 Å². The van der Waals surface area contributed by atoms with Crippen LogP contribution in [0.25, 0.3) is 22.3 Å². The molecule has 0 saturated carbocycles. The van der Waals surface area contributed by atoms with Crippen molar-refractivity contribution < 1.29 is 10.2 Å². The molecule has 0 aliphatic heterocycles. The molecule has 31 heavy (non-hydrogen) atoms. The average molecular weight is 408 g/mol. The number of hydrogen-bond acceptors (Lipinski definition) is 3. The van der Waals surface area contributed by atoms with E-state index in [0.29, 0.717) is 22.4 Å². The second-order valence-electron chi connectivity index (χ2n) is 7.82. The van der Waals surface area contributed by atoms with Crippen molar-refractivity contribution in [2.24, 2.45) is 4.99 Å². The summed E-state index contributed by atoms with van der Waals surface area (Å²) in [7, 11) is 0. The zero-order valence-corrected chi connectivity index (χ0v) is 17.7. The van der Waals surface area contributed by atoms with Crippen LogP contribution in [0.5, 0.6) is 11.5 Å². The maximum atomic E-state index is 11.1. The van der Waals surface area contributed by atoms with Crippen LogP contribution in [-0.4, -0.2) is 16.4 Å². The molecule has 2 N–H and O–H groups in total. The third-order valence-electron chi connectivity index (χ3n) is 5.34. The van der Waals surface area contributed by atoms with Gasteiger partial charge in [0.2, 0.25) is 0 Å². The number of phenolic OH excluding ortho intramolecular Hbond substituents is 2. The predicted molar refractivity (Wildman–Crippen MR) is 128 cm³/mol. The van der Waals surface area contributed by atoms with Gasteiger partial charge < -0.3 is 10.2 Å². The van der Waals surface area contributed by atoms with Crippen LogP contribution in [-0.2, 0) is 0 Å². The number of nitrogens with zero attached hydrogens (tertiary/aromatic N) is 1. The van der Waals surface area contributed by atoms with Gasteiger partial charge in [-0.3, -0.25) is 4.99 Å². The van der Waals surface area contributed by atoms with Gasteiger partial charge in [0, 0.05) is 22.9 Å². The molecule has 0 unspecified atom stereocenters. The summed E-state index contributed by atoms with van der Waals surface area (Å²) >= 11 is 0. The lowest BCUT2D eigenvalue weighted by molar-refractivity contribution is 0.464. The number of aliphatic imine (C=N–C) groups is 1. The smallest absolute Gasteiger partial charge is 0.131 e. The Bertz CT molecular complexity index is 1150. The maximum Gasteiger partial charge on any atom is 0.131 e. The van der Waals surface area contributed by atoms with Crippen molar-refractivity contribution in [2.45, 2.75) is 19.8 Å². The highest BCUT2D eigenvalue weighted by Gasteiger charge is 2.14. The fourth-order valence-electron chi connectivity index (χ4n) is 3.66. The van der Waals surface area contributed by atoms with Crippen LogP contribution in [0.4, 0.5) is 5.69 Å². The second kappa shape index (κ2) is 8.88. The van der Waals surface area contributed by atoms with Gasteiger partial charge >= 0.3 is 0 Å². The van der Waals surface area contributed by atoms with Crippen molar-refractivity contribution in [3.63, 3.8) is 0 Å². The lowest BCUT2D eigenvalue weighted by Crippen LogP contribution is -1.92. The summed E-state index contributed by atoms with van der Waals surface area (Å²) < 4.78 is 0. The minimum atomic E-state index is 0.219. The number of para-hydroxylation sites is 1. The van der Waals surface area contributed by atoms with E-state index in [-0.39, 0.29) is 17.4 Å². The van der Waals surface area contributed by atoms with E-state index in [0.717, 1.165) is 16.7 Å². The van der Waals surface area contributed by atoms with Crippen LogP contribution in [0.1, 0.15) is 30.9 Å². The van der Waals surface area contributed by atoms with Crippen LogP contribution in [0.15, 0.2) is 96.0 Å². The normalized spacial score (nSPS) is 11.3. The van der Waals surface area contributed by atoms with Crippen molar-refractivity contribution >= 4 is 11.9 Å². The van der Waals surface area contributed by atoms with E-state index in [4.69, 9.17) is 0 Å². The Labute approximate surface area is 183 Å². The highest BCUT2D eigenvalue weighted by Crippen LogP contribution is 2.41. The highest BCUT2D eigenvalue weighted by atomic mass is 16.3. The van der Waals surface area contributed by atoms with Crippen LogP contribution < -0.4 is 0 Å². The average Bonchev–Trinajstić information content (AvgIpc) is 2.80. The first-order chi connectivity index (χ1) is 15.0. The summed E-state index contributed by atoms with van der Waals surface area (Å²) in [5.74, 6) is 0.698. The molecule has 4 aromatic carbocycles. The molecule has 0 radical (unpaired) electrons. The van der Waals surface area contributed by atoms with E-state index in [1.165, 1.54) is 0 Å². The van der Waals surface area contributed by atoms with E-state index in [1.807, 2.05) is 105 Å². The predicted octanol–water partition coefficient (Wildman–Crippen LogP) is 7.31. The molecule has 154 valence electrons. The van der Waals surface area contributed by atoms with Crippen LogP contribution in [0, 0.1) is 0 Å². The molecule has 0 heterocycles. The highest BCUT2D eigenvalue weighted by molar-refractivity contribution is 5.89. The molecule has 0 spiro atoms. The van der Waals surface area contributed by atoms with Gasteiger partial charge in [0.15, 0.2) is 0 Å². The third kappa shape index (κ3) is 4.36. The number of rotatable bonds is 5. The molecule has 3 heteroatoms. The number of hydrogen-bond donors (Lipinski definition) is 2. The monoisotopic (exact) mass is 407 g/mol. The summed E-state index contributed by atoms with van der Waals surface area (Å²) in [6, 6.07) is 29.0. The lowest BCUT2D eigenvalue weighted by Gasteiger charge is -2.13. The molecule has 0 bridgehead atoms. The Morgan fingerprint density at radius 3 is 1.74 bits per heavy atom. The van der Waals surface area contributed by atoms with Gasteiger partial charge in [0.1, 0.15) is 11.5 Å². The summed E-state index contributed by atoms with van der Waals surface area (Å²) in [5, 5.41) is 21.7. The minimum absolute atomic E-state index is 0.219. The summed E-state index contributed by atoms with van der Waals surface area (Å²) in [5.41, 5.74) is 5.53. The van der Waals surface area contributed by atoms with Crippen LogP contribution >= 0.6 is 0 Å². The molecular weight excluding hydrogens is 382 g/mol. The Balaban J connectivity index is 1.83. The van der Waals surface area contributed by atoms with Gasteiger partial charge in [-0.1, -0.05) is 86.6 Å². The van der Waals surface area contributed by atoms with Gasteiger partial charge in [0.05, 0.1) is 5.69 Å².